The Morgan fingerprint density at radius 3 is 2.59 bits per heavy atom. The average molecular weight is 640 g/mol. The third-order valence-corrected chi connectivity index (χ3v) is 9.24. The van der Waals surface area contributed by atoms with E-state index in [1.54, 1.807) is 25.2 Å². The van der Waals surface area contributed by atoms with Gasteiger partial charge in [0, 0.05) is 19.2 Å². The van der Waals surface area contributed by atoms with E-state index in [0.29, 0.717) is 5.69 Å². The molecular formula is C18H23N6O14P3. The van der Waals surface area contributed by atoms with Crippen molar-refractivity contribution in [3.8, 4) is 0 Å². The Kier molecular flexibility index (Phi) is 8.84. The summed E-state index contributed by atoms with van der Waals surface area (Å²) in [6.07, 6.45) is -2.50. The maximum atomic E-state index is 13.0. The lowest BCUT2D eigenvalue weighted by Crippen LogP contribution is -2.31. The van der Waals surface area contributed by atoms with Gasteiger partial charge in [-0.15, -0.1) is 0 Å². The zero-order chi connectivity index (χ0) is 30.2. The van der Waals surface area contributed by atoms with Crippen LogP contribution in [0, 0.1) is 0 Å². The number of rotatable bonds is 11. The SMILES string of the molecule is CNc1ccccc1C(=O)OC1CC(n2cnc3c(=O)[nH]c(N)nc32)OC1COP(=O)(O)OP(=O)(O)OP(=O)(O)O. The van der Waals surface area contributed by atoms with Gasteiger partial charge in [-0.05, 0) is 12.1 Å². The van der Waals surface area contributed by atoms with Crippen LogP contribution < -0.4 is 16.6 Å². The number of nitrogens with zero attached hydrogens (tertiary/aromatic N) is 3. The number of para-hydroxylation sites is 1. The van der Waals surface area contributed by atoms with Crippen LogP contribution in [0.2, 0.25) is 0 Å². The topological polar surface area (TPSA) is 297 Å². The van der Waals surface area contributed by atoms with Crippen LogP contribution in [0.1, 0.15) is 23.0 Å². The molecule has 0 aliphatic carbocycles. The minimum atomic E-state index is -5.77. The quantitative estimate of drug-likeness (QED) is 0.111. The number of nitrogens with one attached hydrogen (secondary N) is 2. The minimum absolute atomic E-state index is 0.00962. The van der Waals surface area contributed by atoms with Crippen LogP contribution in [-0.4, -0.2) is 70.9 Å². The van der Waals surface area contributed by atoms with Gasteiger partial charge in [0.15, 0.2) is 11.2 Å². The molecule has 1 saturated heterocycles. The van der Waals surface area contributed by atoms with Crippen molar-refractivity contribution in [2.24, 2.45) is 0 Å². The van der Waals surface area contributed by atoms with Crippen molar-refractivity contribution in [1.29, 1.82) is 0 Å². The van der Waals surface area contributed by atoms with Gasteiger partial charge in [-0.2, -0.15) is 13.6 Å². The molecule has 1 fully saturated rings. The summed E-state index contributed by atoms with van der Waals surface area (Å²) >= 11 is 0. The van der Waals surface area contributed by atoms with Crippen LogP contribution >= 0.6 is 23.5 Å². The van der Waals surface area contributed by atoms with E-state index < -0.39 is 60.0 Å². The lowest BCUT2D eigenvalue weighted by atomic mass is 10.1. The molecule has 1 aliphatic rings. The van der Waals surface area contributed by atoms with Gasteiger partial charge in [0.05, 0.1) is 18.5 Å². The summed E-state index contributed by atoms with van der Waals surface area (Å²) in [5.74, 6) is -1.04. The van der Waals surface area contributed by atoms with E-state index in [4.69, 9.17) is 29.5 Å². The molecule has 1 aliphatic heterocycles. The molecule has 2 aromatic heterocycles. The molecular weight excluding hydrogens is 617 g/mol. The minimum Gasteiger partial charge on any atom is -0.456 e. The Bertz CT molecular complexity index is 1660. The third kappa shape index (κ3) is 7.65. The van der Waals surface area contributed by atoms with Crippen molar-refractivity contribution in [3.05, 3.63) is 46.5 Å². The molecule has 3 heterocycles. The number of benzene rings is 1. The number of ether oxygens (including phenoxy) is 2. The Morgan fingerprint density at radius 2 is 1.90 bits per heavy atom. The van der Waals surface area contributed by atoms with Crippen LogP contribution in [0.4, 0.5) is 11.6 Å². The fraction of sp³-hybridized carbons (Fsp3) is 0.333. The molecule has 1 aromatic carbocycles. The number of anilines is 2. The first-order chi connectivity index (χ1) is 19.1. The molecule has 4 rings (SSSR count). The van der Waals surface area contributed by atoms with Crippen molar-refractivity contribution >= 4 is 52.2 Å². The fourth-order valence-corrected chi connectivity index (χ4v) is 6.88. The summed E-state index contributed by atoms with van der Waals surface area (Å²) in [4.78, 5) is 72.1. The zero-order valence-electron chi connectivity index (χ0n) is 20.7. The second-order valence-corrected chi connectivity index (χ2v) is 12.7. The number of nitrogens with two attached hydrogens (primary N) is 1. The molecule has 0 spiro atoms. The Hall–Kier alpha value is -2.99. The van der Waals surface area contributed by atoms with Gasteiger partial charge in [-0.1, -0.05) is 12.1 Å². The highest BCUT2D eigenvalue weighted by atomic mass is 31.3. The molecule has 0 bridgehead atoms. The maximum Gasteiger partial charge on any atom is 0.490 e. The van der Waals surface area contributed by atoms with E-state index >= 15 is 0 Å². The number of hydrogen-bond donors (Lipinski definition) is 7. The predicted molar refractivity (Wildman–Crippen MR) is 136 cm³/mol. The lowest BCUT2D eigenvalue weighted by molar-refractivity contribution is -0.0489. The lowest BCUT2D eigenvalue weighted by Gasteiger charge is -2.21. The number of carbonyl (C=O) groups is 1. The molecule has 41 heavy (non-hydrogen) atoms. The number of aromatic nitrogens is 4. The van der Waals surface area contributed by atoms with Crippen LogP contribution in [0.3, 0.4) is 0 Å². The van der Waals surface area contributed by atoms with Crippen LogP contribution in [0.5, 0.6) is 0 Å². The van der Waals surface area contributed by atoms with Crippen LogP contribution in [0.25, 0.3) is 11.2 Å². The Labute approximate surface area is 228 Å². The third-order valence-electron chi connectivity index (χ3n) is 5.43. The standard InChI is InChI=1S/C18H23N6O14P3/c1-20-10-5-3-2-4-9(10)17(26)36-11-6-13(24-8-21-14-15(24)22-18(19)23-16(14)25)35-12(11)7-34-40(30,31)38-41(32,33)37-39(27,28)29/h2-5,8,11-13,20H,6-7H2,1H3,(H,30,31)(H,32,33)(H2,27,28,29)(H3,19,22,23,25). The number of phosphoric acid groups is 3. The second kappa shape index (κ2) is 11.7. The van der Waals surface area contributed by atoms with E-state index in [0.717, 1.165) is 0 Å². The Balaban J connectivity index is 1.58. The molecule has 5 atom stereocenters. The molecule has 3 aromatic rings. The van der Waals surface area contributed by atoms with Crippen molar-refractivity contribution < 1.29 is 60.7 Å². The average Bonchev–Trinajstić information content (AvgIpc) is 3.44. The summed E-state index contributed by atoms with van der Waals surface area (Å²) in [6.45, 7) is -0.908. The molecule has 8 N–H and O–H groups in total. The first kappa shape index (κ1) is 31.0. The van der Waals surface area contributed by atoms with Crippen LogP contribution in [0.15, 0.2) is 35.4 Å². The number of phosphoric ester groups is 1. The zero-order valence-corrected chi connectivity index (χ0v) is 23.3. The van der Waals surface area contributed by atoms with Crippen molar-refractivity contribution in [1.82, 2.24) is 19.5 Å². The summed E-state index contributed by atoms with van der Waals surface area (Å²) in [7, 11) is -15.3. The molecule has 224 valence electrons. The predicted octanol–water partition coefficient (Wildman–Crippen LogP) is 0.600. The van der Waals surface area contributed by atoms with E-state index in [-0.39, 0.29) is 29.1 Å². The van der Waals surface area contributed by atoms with Gasteiger partial charge < -0.3 is 40.1 Å². The molecule has 23 heteroatoms. The molecule has 5 unspecified atom stereocenters. The molecule has 0 saturated carbocycles. The highest BCUT2D eigenvalue weighted by Gasteiger charge is 2.44. The summed E-state index contributed by atoms with van der Waals surface area (Å²) in [5.41, 5.74) is 5.48. The van der Waals surface area contributed by atoms with Gasteiger partial charge in [-0.3, -0.25) is 18.9 Å². The smallest absolute Gasteiger partial charge is 0.456 e. The molecule has 0 radical (unpaired) electrons. The number of esters is 1. The number of imidazole rings is 1. The number of fused-ring (bicyclic) bond motifs is 1. The molecule has 20 nitrogen and oxygen atoms in total. The number of carbonyl (C=O) groups excluding carboxylic acids is 1. The van der Waals surface area contributed by atoms with Gasteiger partial charge in [0.25, 0.3) is 5.56 Å². The maximum absolute atomic E-state index is 13.0. The van der Waals surface area contributed by atoms with E-state index in [1.807, 2.05) is 0 Å². The van der Waals surface area contributed by atoms with Crippen LogP contribution in [-0.2, 0) is 36.3 Å². The van der Waals surface area contributed by atoms with Crippen molar-refractivity contribution in [2.45, 2.75) is 24.9 Å². The first-order valence-corrected chi connectivity index (χ1v) is 15.7. The van der Waals surface area contributed by atoms with E-state index in [1.165, 1.54) is 17.0 Å². The number of H-pyrrole nitrogens is 1. The highest BCUT2D eigenvalue weighted by Crippen LogP contribution is 2.66. The first-order valence-electron chi connectivity index (χ1n) is 11.2. The van der Waals surface area contributed by atoms with Crippen molar-refractivity contribution in [3.63, 3.8) is 0 Å². The highest BCUT2D eigenvalue weighted by molar-refractivity contribution is 7.66. The Morgan fingerprint density at radius 1 is 1.20 bits per heavy atom. The van der Waals surface area contributed by atoms with Gasteiger partial charge >= 0.3 is 29.4 Å². The number of hydrogen-bond acceptors (Lipinski definition) is 14. The van der Waals surface area contributed by atoms with E-state index in [2.05, 4.69) is 28.9 Å². The monoisotopic (exact) mass is 640 g/mol. The van der Waals surface area contributed by atoms with E-state index in [9.17, 15) is 33.1 Å². The second-order valence-electron chi connectivity index (χ2n) is 8.27. The molecule has 0 amide bonds. The van der Waals surface area contributed by atoms with Gasteiger partial charge in [-0.25, -0.2) is 23.5 Å². The largest absolute Gasteiger partial charge is 0.490 e. The van der Waals surface area contributed by atoms with Gasteiger partial charge in [0.2, 0.25) is 5.95 Å². The number of nitrogen functional groups attached to an aromatic ring is 1. The van der Waals surface area contributed by atoms with Gasteiger partial charge in [0.1, 0.15) is 18.4 Å². The summed E-state index contributed by atoms with van der Waals surface area (Å²) in [6, 6.07) is 6.35. The van der Waals surface area contributed by atoms with Crippen molar-refractivity contribution in [2.75, 3.05) is 24.7 Å². The summed E-state index contributed by atoms with van der Waals surface area (Å²) < 4.78 is 59.6. The normalized spacial score (nSPS) is 22.2. The number of aromatic amines is 1. The summed E-state index contributed by atoms with van der Waals surface area (Å²) in [5, 5.41) is 2.83. The fourth-order valence-electron chi connectivity index (χ4n) is 3.85.